The van der Waals surface area contributed by atoms with Crippen molar-refractivity contribution >= 4 is 28.9 Å². The summed E-state index contributed by atoms with van der Waals surface area (Å²) >= 11 is 4.58. The van der Waals surface area contributed by atoms with Gasteiger partial charge in [-0.25, -0.2) is 9.67 Å². The molecule has 25 heavy (non-hydrogen) atoms. The van der Waals surface area contributed by atoms with Crippen LogP contribution in [0, 0.1) is 0 Å². The van der Waals surface area contributed by atoms with Gasteiger partial charge in [-0.05, 0) is 34.8 Å². The van der Waals surface area contributed by atoms with E-state index in [4.69, 9.17) is 4.84 Å². The number of hydrogen-bond donors (Lipinski definition) is 0. The molecule has 2 heterocycles. The summed E-state index contributed by atoms with van der Waals surface area (Å²) in [6, 6.07) is 14.9. The Bertz CT molecular complexity index is 932. The highest BCUT2D eigenvalue weighted by molar-refractivity contribution is 7.78. The van der Waals surface area contributed by atoms with Gasteiger partial charge in [0.1, 0.15) is 0 Å². The van der Waals surface area contributed by atoms with E-state index >= 15 is 0 Å². The second-order valence-corrected chi connectivity index (χ2v) is 5.08. The van der Waals surface area contributed by atoms with Gasteiger partial charge in [0.05, 0.1) is 10.9 Å². The molecule has 0 aliphatic rings. The van der Waals surface area contributed by atoms with Crippen LogP contribution in [0.15, 0.2) is 58.7 Å². The topological polar surface area (TPSA) is 90.4 Å². The first kappa shape index (κ1) is 16.6. The van der Waals surface area contributed by atoms with Crippen molar-refractivity contribution in [1.29, 1.82) is 0 Å². The molecule has 1 aromatic carbocycles. The number of benzene rings is 1. The monoisotopic (exact) mass is 351 g/mol. The maximum Gasteiger partial charge on any atom is 0.204 e. The standard InChI is InChI=1S/C16H13N7OS/c1-23-16(19-21-22-23)15(12-6-3-2-4-7-12)20-24-10-13-8-5-9-14(18-13)17-11-25/h2-9H,10H2,1H3/b20-15-. The minimum absolute atomic E-state index is 0.169. The van der Waals surface area contributed by atoms with E-state index in [1.165, 1.54) is 4.68 Å². The van der Waals surface area contributed by atoms with Crippen LogP contribution in [-0.4, -0.2) is 36.1 Å². The third-order valence-corrected chi connectivity index (χ3v) is 3.29. The molecular formula is C16H13N7OS. The Hall–Kier alpha value is -3.29. The summed E-state index contributed by atoms with van der Waals surface area (Å²) in [4.78, 5) is 13.6. The molecule has 0 aliphatic carbocycles. The van der Waals surface area contributed by atoms with Gasteiger partial charge in [0.25, 0.3) is 0 Å². The zero-order chi connectivity index (χ0) is 17.5. The molecule has 0 spiro atoms. The van der Waals surface area contributed by atoms with E-state index in [9.17, 15) is 0 Å². The number of oxime groups is 1. The fourth-order valence-corrected chi connectivity index (χ4v) is 2.16. The van der Waals surface area contributed by atoms with Crippen molar-refractivity contribution in [1.82, 2.24) is 25.2 Å². The van der Waals surface area contributed by atoms with Crippen LogP contribution in [0.4, 0.5) is 5.82 Å². The summed E-state index contributed by atoms with van der Waals surface area (Å²) in [5, 5.41) is 18.0. The van der Waals surface area contributed by atoms with Crippen molar-refractivity contribution in [3.8, 4) is 0 Å². The normalized spacial score (nSPS) is 11.0. The number of nitrogens with zero attached hydrogens (tertiary/aromatic N) is 7. The molecule has 0 aliphatic heterocycles. The highest BCUT2D eigenvalue weighted by Gasteiger charge is 2.14. The molecule has 0 bridgehead atoms. The van der Waals surface area contributed by atoms with Gasteiger partial charge in [0.15, 0.2) is 18.1 Å². The number of aliphatic imine (C=N–C) groups is 1. The van der Waals surface area contributed by atoms with Crippen LogP contribution in [0.1, 0.15) is 17.1 Å². The summed E-state index contributed by atoms with van der Waals surface area (Å²) in [5.41, 5.74) is 2.03. The third-order valence-electron chi connectivity index (χ3n) is 3.20. The number of thiocarbonyl (C=S) groups is 1. The molecule has 0 saturated heterocycles. The van der Waals surface area contributed by atoms with Crippen LogP contribution in [0.2, 0.25) is 0 Å². The summed E-state index contributed by atoms with van der Waals surface area (Å²) in [5.74, 6) is 0.971. The second kappa shape index (κ2) is 8.00. The zero-order valence-corrected chi connectivity index (χ0v) is 14.1. The first-order valence-electron chi connectivity index (χ1n) is 7.30. The van der Waals surface area contributed by atoms with Crippen molar-refractivity contribution < 1.29 is 4.84 Å². The summed E-state index contributed by atoms with van der Waals surface area (Å²) in [7, 11) is 1.74. The molecule has 8 nitrogen and oxygen atoms in total. The number of rotatable bonds is 6. The lowest BCUT2D eigenvalue weighted by molar-refractivity contribution is 0.128. The predicted octanol–water partition coefficient (Wildman–Crippen LogP) is 2.31. The van der Waals surface area contributed by atoms with Crippen molar-refractivity contribution in [2.24, 2.45) is 17.2 Å². The van der Waals surface area contributed by atoms with Gasteiger partial charge in [0, 0.05) is 12.6 Å². The lowest BCUT2D eigenvalue weighted by Gasteiger charge is -2.06. The van der Waals surface area contributed by atoms with E-state index < -0.39 is 0 Å². The molecule has 3 rings (SSSR count). The van der Waals surface area contributed by atoms with Gasteiger partial charge in [-0.3, -0.25) is 0 Å². The minimum Gasteiger partial charge on any atom is -0.389 e. The Morgan fingerprint density at radius 3 is 2.76 bits per heavy atom. The highest BCUT2D eigenvalue weighted by atomic mass is 32.1. The van der Waals surface area contributed by atoms with Crippen molar-refractivity contribution in [3.05, 3.63) is 65.6 Å². The van der Waals surface area contributed by atoms with E-state index in [1.807, 2.05) is 42.5 Å². The fraction of sp³-hybridized carbons (Fsp3) is 0.125. The van der Waals surface area contributed by atoms with Gasteiger partial charge in [-0.2, -0.15) is 4.99 Å². The van der Waals surface area contributed by atoms with Crippen LogP contribution in [0.5, 0.6) is 0 Å². The molecule has 0 unspecified atom stereocenters. The number of tetrazole rings is 1. The number of pyridine rings is 1. The number of aryl methyl sites for hydroxylation is 1. The molecule has 0 N–H and O–H groups in total. The van der Waals surface area contributed by atoms with E-state index in [0.717, 1.165) is 5.56 Å². The maximum absolute atomic E-state index is 5.48. The van der Waals surface area contributed by atoms with E-state index in [0.29, 0.717) is 23.0 Å². The number of isothiocyanates is 1. The third kappa shape index (κ3) is 4.17. The summed E-state index contributed by atoms with van der Waals surface area (Å²) in [6.45, 7) is 0.169. The number of aromatic nitrogens is 5. The zero-order valence-electron chi connectivity index (χ0n) is 13.3. The van der Waals surface area contributed by atoms with Gasteiger partial charge in [0.2, 0.25) is 5.82 Å². The molecule has 0 atom stereocenters. The SMILES string of the molecule is Cn1nnnc1/C(=N\OCc1cccc(N=C=S)n1)c1ccccc1. The van der Waals surface area contributed by atoms with Gasteiger partial charge >= 0.3 is 0 Å². The van der Waals surface area contributed by atoms with E-state index in [2.05, 4.69) is 48.0 Å². The molecule has 9 heteroatoms. The van der Waals surface area contributed by atoms with Crippen molar-refractivity contribution in [2.75, 3.05) is 0 Å². The first-order valence-corrected chi connectivity index (χ1v) is 7.70. The molecule has 3 aromatic rings. The molecular weight excluding hydrogens is 338 g/mol. The Morgan fingerprint density at radius 1 is 1.20 bits per heavy atom. The molecule has 0 amide bonds. The summed E-state index contributed by atoms with van der Waals surface area (Å²) < 4.78 is 1.53. The fourth-order valence-electron chi connectivity index (χ4n) is 2.07. The van der Waals surface area contributed by atoms with Gasteiger partial charge in [-0.1, -0.05) is 41.6 Å². The van der Waals surface area contributed by atoms with Crippen molar-refractivity contribution in [2.45, 2.75) is 6.61 Å². The Labute approximate surface area is 148 Å². The van der Waals surface area contributed by atoms with Crippen LogP contribution < -0.4 is 0 Å². The van der Waals surface area contributed by atoms with Crippen LogP contribution in [-0.2, 0) is 18.5 Å². The first-order chi connectivity index (χ1) is 12.3. The molecule has 0 fully saturated rings. The van der Waals surface area contributed by atoms with Crippen LogP contribution >= 0.6 is 12.2 Å². The largest absolute Gasteiger partial charge is 0.389 e. The van der Waals surface area contributed by atoms with E-state index in [-0.39, 0.29) is 6.61 Å². The average molecular weight is 351 g/mol. The van der Waals surface area contributed by atoms with E-state index in [1.54, 1.807) is 13.1 Å². The van der Waals surface area contributed by atoms with Crippen LogP contribution in [0.25, 0.3) is 0 Å². The lowest BCUT2D eigenvalue weighted by atomic mass is 10.1. The van der Waals surface area contributed by atoms with Crippen LogP contribution in [0.3, 0.4) is 0 Å². The Balaban J connectivity index is 1.84. The smallest absolute Gasteiger partial charge is 0.204 e. The second-order valence-electron chi connectivity index (χ2n) is 4.90. The Kier molecular flexibility index (Phi) is 5.30. The Morgan fingerprint density at radius 2 is 2.04 bits per heavy atom. The molecule has 0 saturated carbocycles. The molecule has 0 radical (unpaired) electrons. The molecule has 124 valence electrons. The summed E-state index contributed by atoms with van der Waals surface area (Å²) in [6.07, 6.45) is 0. The minimum atomic E-state index is 0.169. The highest BCUT2D eigenvalue weighted by Crippen LogP contribution is 2.11. The van der Waals surface area contributed by atoms with Gasteiger partial charge < -0.3 is 4.84 Å². The lowest BCUT2D eigenvalue weighted by Crippen LogP contribution is -2.12. The van der Waals surface area contributed by atoms with Gasteiger partial charge in [-0.15, -0.1) is 5.10 Å². The predicted molar refractivity (Wildman–Crippen MR) is 94.6 cm³/mol. The number of hydrogen-bond acceptors (Lipinski definition) is 8. The quantitative estimate of drug-likeness (QED) is 0.384. The van der Waals surface area contributed by atoms with Crippen molar-refractivity contribution in [3.63, 3.8) is 0 Å². The maximum atomic E-state index is 5.48. The molecule has 2 aromatic heterocycles. The average Bonchev–Trinajstić information content (AvgIpc) is 3.06.